The molecule has 0 atom stereocenters. The first kappa shape index (κ1) is 16.4. The van der Waals surface area contributed by atoms with Crippen LogP contribution in [-0.4, -0.2) is 23.0 Å². The summed E-state index contributed by atoms with van der Waals surface area (Å²) >= 11 is 0. The molecular weight excluding hydrogens is 316 g/mol. The van der Waals surface area contributed by atoms with E-state index in [1.165, 1.54) is 0 Å². The monoisotopic (exact) mass is 334 g/mol. The molecule has 0 unspecified atom stereocenters. The molecule has 0 aliphatic rings. The van der Waals surface area contributed by atoms with Gasteiger partial charge >= 0.3 is 0 Å². The van der Waals surface area contributed by atoms with Crippen molar-refractivity contribution in [2.75, 3.05) is 17.7 Å². The molecule has 2 N–H and O–H groups in total. The van der Waals surface area contributed by atoms with E-state index in [0.29, 0.717) is 23.5 Å². The van der Waals surface area contributed by atoms with E-state index in [-0.39, 0.29) is 5.91 Å². The molecule has 0 spiro atoms. The van der Waals surface area contributed by atoms with E-state index >= 15 is 0 Å². The van der Waals surface area contributed by atoms with Crippen LogP contribution < -0.4 is 15.4 Å². The van der Waals surface area contributed by atoms with Gasteiger partial charge in [0.15, 0.2) is 0 Å². The van der Waals surface area contributed by atoms with Gasteiger partial charge in [0.25, 0.3) is 5.91 Å². The Bertz CT molecular complexity index is 818. The number of ether oxygens (including phenoxy) is 1. The summed E-state index contributed by atoms with van der Waals surface area (Å²) in [6, 6.07) is 14.4. The molecule has 0 aliphatic heterocycles. The van der Waals surface area contributed by atoms with Crippen molar-refractivity contribution in [2.45, 2.75) is 6.54 Å². The molecule has 0 fully saturated rings. The van der Waals surface area contributed by atoms with Gasteiger partial charge < -0.3 is 15.4 Å². The smallest absolute Gasteiger partial charge is 0.255 e. The first-order valence-electron chi connectivity index (χ1n) is 7.79. The molecule has 0 bridgehead atoms. The van der Waals surface area contributed by atoms with Gasteiger partial charge in [-0.2, -0.15) is 0 Å². The summed E-state index contributed by atoms with van der Waals surface area (Å²) in [7, 11) is 1.59. The Labute approximate surface area is 145 Å². The highest BCUT2D eigenvalue weighted by Crippen LogP contribution is 2.15. The van der Waals surface area contributed by atoms with Crippen LogP contribution in [0.15, 0.2) is 67.1 Å². The number of carbonyl (C=O) groups excluding carboxylic acids is 1. The first-order valence-corrected chi connectivity index (χ1v) is 7.79. The maximum Gasteiger partial charge on any atom is 0.255 e. The van der Waals surface area contributed by atoms with Crippen LogP contribution in [0.1, 0.15) is 15.9 Å². The lowest BCUT2D eigenvalue weighted by Gasteiger charge is -2.08. The SMILES string of the molecule is COc1ccc(C(=O)Nc2ccc(NCc3cccnc3)nc2)cc1. The van der Waals surface area contributed by atoms with Gasteiger partial charge in [0, 0.05) is 24.5 Å². The van der Waals surface area contributed by atoms with Crippen LogP contribution in [0.25, 0.3) is 0 Å². The summed E-state index contributed by atoms with van der Waals surface area (Å²) in [5, 5.41) is 6.02. The molecule has 3 aromatic rings. The Hall–Kier alpha value is -3.41. The molecule has 0 saturated heterocycles. The fourth-order valence-electron chi connectivity index (χ4n) is 2.21. The van der Waals surface area contributed by atoms with E-state index in [1.807, 2.05) is 18.2 Å². The molecule has 2 aromatic heterocycles. The summed E-state index contributed by atoms with van der Waals surface area (Å²) in [4.78, 5) is 20.6. The van der Waals surface area contributed by atoms with Crippen LogP contribution in [0.2, 0.25) is 0 Å². The Kier molecular flexibility index (Phi) is 5.21. The number of nitrogens with zero attached hydrogens (tertiary/aromatic N) is 2. The normalized spacial score (nSPS) is 10.1. The van der Waals surface area contributed by atoms with Crippen molar-refractivity contribution in [2.24, 2.45) is 0 Å². The van der Waals surface area contributed by atoms with Crippen molar-refractivity contribution >= 4 is 17.4 Å². The van der Waals surface area contributed by atoms with E-state index in [1.54, 1.807) is 56.0 Å². The van der Waals surface area contributed by atoms with E-state index in [4.69, 9.17) is 4.74 Å². The number of nitrogens with one attached hydrogen (secondary N) is 2. The van der Waals surface area contributed by atoms with Crippen molar-refractivity contribution < 1.29 is 9.53 Å². The van der Waals surface area contributed by atoms with Gasteiger partial charge in [-0.15, -0.1) is 0 Å². The molecular formula is C19H18N4O2. The third kappa shape index (κ3) is 4.54. The fraction of sp³-hybridized carbons (Fsp3) is 0.105. The number of anilines is 2. The summed E-state index contributed by atoms with van der Waals surface area (Å²) < 4.78 is 5.08. The van der Waals surface area contributed by atoms with Crippen molar-refractivity contribution in [1.29, 1.82) is 0 Å². The Morgan fingerprint density at radius 3 is 2.56 bits per heavy atom. The number of amides is 1. The molecule has 0 saturated carbocycles. The highest BCUT2D eigenvalue weighted by molar-refractivity contribution is 6.04. The predicted octanol–water partition coefficient (Wildman–Crippen LogP) is 3.35. The zero-order valence-corrected chi connectivity index (χ0v) is 13.8. The van der Waals surface area contributed by atoms with Crippen LogP contribution in [0.5, 0.6) is 5.75 Å². The highest BCUT2D eigenvalue weighted by Gasteiger charge is 2.06. The zero-order chi connectivity index (χ0) is 17.5. The van der Waals surface area contributed by atoms with Gasteiger partial charge in [-0.25, -0.2) is 4.98 Å². The molecule has 0 radical (unpaired) electrons. The Morgan fingerprint density at radius 2 is 1.92 bits per heavy atom. The second-order valence-corrected chi connectivity index (χ2v) is 5.33. The average Bonchev–Trinajstić information content (AvgIpc) is 2.68. The molecule has 1 amide bonds. The molecule has 0 aliphatic carbocycles. The number of aromatic nitrogens is 2. The summed E-state index contributed by atoms with van der Waals surface area (Å²) in [5.41, 5.74) is 2.26. The quantitative estimate of drug-likeness (QED) is 0.723. The highest BCUT2D eigenvalue weighted by atomic mass is 16.5. The minimum Gasteiger partial charge on any atom is -0.497 e. The van der Waals surface area contributed by atoms with Crippen molar-refractivity contribution in [3.63, 3.8) is 0 Å². The number of methoxy groups -OCH3 is 1. The molecule has 6 nitrogen and oxygen atoms in total. The maximum atomic E-state index is 12.2. The number of carbonyl (C=O) groups is 1. The lowest BCUT2D eigenvalue weighted by atomic mass is 10.2. The van der Waals surface area contributed by atoms with E-state index in [9.17, 15) is 4.79 Å². The summed E-state index contributed by atoms with van der Waals surface area (Å²) in [6.07, 6.45) is 5.16. The number of hydrogen-bond acceptors (Lipinski definition) is 5. The average molecular weight is 334 g/mol. The lowest BCUT2D eigenvalue weighted by Crippen LogP contribution is -2.12. The summed E-state index contributed by atoms with van der Waals surface area (Å²) in [5.74, 6) is 1.24. The van der Waals surface area contributed by atoms with Crippen LogP contribution in [-0.2, 0) is 6.54 Å². The minimum absolute atomic E-state index is 0.194. The van der Waals surface area contributed by atoms with Crippen molar-refractivity contribution in [1.82, 2.24) is 9.97 Å². The molecule has 6 heteroatoms. The van der Waals surface area contributed by atoms with Crippen molar-refractivity contribution in [3.8, 4) is 5.75 Å². The third-order valence-corrected chi connectivity index (χ3v) is 3.57. The van der Waals surface area contributed by atoms with Gasteiger partial charge in [-0.05, 0) is 48.0 Å². The van der Waals surface area contributed by atoms with Crippen LogP contribution in [0.3, 0.4) is 0 Å². The predicted molar refractivity (Wildman–Crippen MR) is 96.7 cm³/mol. The summed E-state index contributed by atoms with van der Waals surface area (Å²) in [6.45, 7) is 0.637. The first-order chi connectivity index (χ1) is 12.2. The topological polar surface area (TPSA) is 76.1 Å². The largest absolute Gasteiger partial charge is 0.497 e. The van der Waals surface area contributed by atoms with Crippen LogP contribution in [0.4, 0.5) is 11.5 Å². The Morgan fingerprint density at radius 1 is 1.08 bits per heavy atom. The zero-order valence-electron chi connectivity index (χ0n) is 13.8. The van der Waals surface area contributed by atoms with Crippen LogP contribution >= 0.6 is 0 Å². The lowest BCUT2D eigenvalue weighted by molar-refractivity contribution is 0.102. The maximum absolute atomic E-state index is 12.2. The second-order valence-electron chi connectivity index (χ2n) is 5.33. The Balaban J connectivity index is 1.57. The second kappa shape index (κ2) is 7.92. The van der Waals surface area contributed by atoms with Crippen molar-refractivity contribution in [3.05, 3.63) is 78.2 Å². The number of pyridine rings is 2. The van der Waals surface area contributed by atoms with E-state index in [0.717, 1.165) is 11.4 Å². The molecule has 2 heterocycles. The van der Waals surface area contributed by atoms with Gasteiger partial charge in [0.2, 0.25) is 0 Å². The fourth-order valence-corrected chi connectivity index (χ4v) is 2.21. The van der Waals surface area contributed by atoms with E-state index < -0.39 is 0 Å². The molecule has 1 aromatic carbocycles. The van der Waals surface area contributed by atoms with Crippen LogP contribution in [0, 0.1) is 0 Å². The number of hydrogen-bond donors (Lipinski definition) is 2. The van der Waals surface area contributed by atoms with Gasteiger partial charge in [0.05, 0.1) is 19.0 Å². The number of rotatable bonds is 6. The van der Waals surface area contributed by atoms with Gasteiger partial charge in [0.1, 0.15) is 11.6 Å². The minimum atomic E-state index is -0.194. The van der Waals surface area contributed by atoms with Gasteiger partial charge in [-0.3, -0.25) is 9.78 Å². The van der Waals surface area contributed by atoms with E-state index in [2.05, 4.69) is 20.6 Å². The molecule has 3 rings (SSSR count). The number of benzene rings is 1. The molecule has 25 heavy (non-hydrogen) atoms. The third-order valence-electron chi connectivity index (χ3n) is 3.57. The van der Waals surface area contributed by atoms with Gasteiger partial charge in [-0.1, -0.05) is 6.07 Å². The molecule has 126 valence electrons. The standard InChI is InChI=1S/C19H18N4O2/c1-25-17-7-4-15(5-8-17)19(24)23-16-6-9-18(22-13-16)21-12-14-3-2-10-20-11-14/h2-11,13H,12H2,1H3,(H,21,22)(H,23,24).